The van der Waals surface area contributed by atoms with Gasteiger partial charge in [-0.15, -0.1) is 0 Å². The molecular formula is C21H34O3. The Kier molecular flexibility index (Phi) is 12.1. The van der Waals surface area contributed by atoms with Crippen LogP contribution in [0.2, 0.25) is 0 Å². The van der Waals surface area contributed by atoms with Crippen LogP contribution < -0.4 is 0 Å². The molecular weight excluding hydrogens is 300 g/mol. The van der Waals surface area contributed by atoms with E-state index in [9.17, 15) is 4.79 Å². The lowest BCUT2D eigenvalue weighted by molar-refractivity contribution is -0.140. The van der Waals surface area contributed by atoms with Crippen molar-refractivity contribution in [2.45, 2.75) is 83.3 Å². The molecule has 0 aromatic heterocycles. The molecule has 0 radical (unpaired) electrons. The summed E-state index contributed by atoms with van der Waals surface area (Å²) in [6.45, 7) is 2.24. The van der Waals surface area contributed by atoms with E-state index in [1.807, 2.05) is 0 Å². The Morgan fingerprint density at radius 1 is 0.917 bits per heavy atom. The molecule has 1 aliphatic heterocycles. The monoisotopic (exact) mass is 334 g/mol. The number of unbranched alkanes of at least 4 members (excludes halogenated alkanes) is 4. The van der Waals surface area contributed by atoms with E-state index in [4.69, 9.17) is 4.74 Å². The molecule has 0 saturated carbocycles. The number of hydrogen-bond donors (Lipinski definition) is 0. The van der Waals surface area contributed by atoms with Crippen molar-refractivity contribution in [3.05, 3.63) is 36.5 Å². The number of carbonyl (C=O) groups excluding carboxylic acids is 1. The summed E-state index contributed by atoms with van der Waals surface area (Å²) in [5.74, 6) is -0.128. The third-order valence-electron chi connectivity index (χ3n) is 4.15. The van der Waals surface area contributed by atoms with Crippen LogP contribution in [0.3, 0.4) is 0 Å². The molecule has 24 heavy (non-hydrogen) atoms. The van der Waals surface area contributed by atoms with E-state index in [2.05, 4.69) is 48.1 Å². The maximum Gasteiger partial charge on any atom is 0.305 e. The van der Waals surface area contributed by atoms with Crippen molar-refractivity contribution in [2.24, 2.45) is 0 Å². The fourth-order valence-electron chi connectivity index (χ4n) is 2.54. The lowest BCUT2D eigenvalue weighted by Gasteiger charge is -1.95. The second kappa shape index (κ2) is 14.0. The van der Waals surface area contributed by atoms with E-state index in [0.717, 1.165) is 32.1 Å². The van der Waals surface area contributed by atoms with Crippen LogP contribution in [0, 0.1) is 0 Å². The first-order valence-corrected chi connectivity index (χ1v) is 9.45. The van der Waals surface area contributed by atoms with Gasteiger partial charge in [0, 0.05) is 6.42 Å². The summed E-state index contributed by atoms with van der Waals surface area (Å²) in [4.78, 5) is 11.0. The van der Waals surface area contributed by atoms with Crippen molar-refractivity contribution in [1.29, 1.82) is 0 Å². The number of epoxide rings is 1. The normalized spacial score (nSPS) is 20.4. The van der Waals surface area contributed by atoms with Gasteiger partial charge in [-0.05, 0) is 44.9 Å². The van der Waals surface area contributed by atoms with Crippen molar-refractivity contribution in [3.63, 3.8) is 0 Å². The van der Waals surface area contributed by atoms with Gasteiger partial charge in [-0.3, -0.25) is 4.79 Å². The molecule has 1 aliphatic rings. The first-order chi connectivity index (χ1) is 11.8. The molecule has 0 N–H and O–H groups in total. The van der Waals surface area contributed by atoms with Gasteiger partial charge < -0.3 is 9.47 Å². The van der Waals surface area contributed by atoms with Crippen LogP contribution >= 0.6 is 0 Å². The highest BCUT2D eigenvalue weighted by Crippen LogP contribution is 2.29. The van der Waals surface area contributed by atoms with Gasteiger partial charge >= 0.3 is 5.97 Å². The van der Waals surface area contributed by atoms with Gasteiger partial charge in [-0.25, -0.2) is 0 Å². The molecule has 136 valence electrons. The molecule has 0 aromatic carbocycles. The first-order valence-electron chi connectivity index (χ1n) is 9.45. The second-order valence-electron chi connectivity index (χ2n) is 6.30. The highest BCUT2D eigenvalue weighted by molar-refractivity contribution is 5.69. The minimum atomic E-state index is -0.128. The zero-order valence-electron chi connectivity index (χ0n) is 15.4. The minimum Gasteiger partial charge on any atom is -0.469 e. The summed E-state index contributed by atoms with van der Waals surface area (Å²) in [5, 5.41) is 0. The predicted octanol–water partition coefficient (Wildman–Crippen LogP) is 5.52. The van der Waals surface area contributed by atoms with E-state index >= 15 is 0 Å². The van der Waals surface area contributed by atoms with Crippen LogP contribution in [0.1, 0.15) is 71.1 Å². The smallest absolute Gasteiger partial charge is 0.305 e. The Hall–Kier alpha value is -1.35. The number of rotatable bonds is 14. The van der Waals surface area contributed by atoms with E-state index in [0.29, 0.717) is 18.6 Å². The van der Waals surface area contributed by atoms with Gasteiger partial charge in [0.1, 0.15) is 0 Å². The van der Waals surface area contributed by atoms with Crippen molar-refractivity contribution in [3.8, 4) is 0 Å². The Balaban J connectivity index is 1.93. The van der Waals surface area contributed by atoms with Crippen LogP contribution in [-0.2, 0) is 14.3 Å². The maximum atomic E-state index is 11.0. The van der Waals surface area contributed by atoms with Gasteiger partial charge in [-0.2, -0.15) is 0 Å². The second-order valence-corrected chi connectivity index (χ2v) is 6.30. The molecule has 0 bridgehead atoms. The van der Waals surface area contributed by atoms with Crippen molar-refractivity contribution in [2.75, 3.05) is 7.11 Å². The molecule has 1 fully saturated rings. The van der Waals surface area contributed by atoms with E-state index in [1.54, 1.807) is 0 Å². The number of methoxy groups -OCH3 is 1. The number of esters is 1. The van der Waals surface area contributed by atoms with Gasteiger partial charge in [0.2, 0.25) is 0 Å². The van der Waals surface area contributed by atoms with E-state index in [1.165, 1.54) is 32.8 Å². The quantitative estimate of drug-likeness (QED) is 0.182. The Labute approximate surface area is 147 Å². The van der Waals surface area contributed by atoms with Crippen molar-refractivity contribution < 1.29 is 14.3 Å². The molecule has 0 unspecified atom stereocenters. The molecule has 0 aliphatic carbocycles. The summed E-state index contributed by atoms with van der Waals surface area (Å²) < 4.78 is 10.3. The third kappa shape index (κ3) is 11.2. The number of hydrogen-bond acceptors (Lipinski definition) is 3. The van der Waals surface area contributed by atoms with Crippen LogP contribution in [0.4, 0.5) is 0 Å². The zero-order valence-corrected chi connectivity index (χ0v) is 15.4. The molecule has 3 nitrogen and oxygen atoms in total. The Bertz CT molecular complexity index is 409. The molecule has 0 amide bonds. The maximum absolute atomic E-state index is 11.0. The number of carbonyl (C=O) groups is 1. The molecule has 0 spiro atoms. The lowest BCUT2D eigenvalue weighted by Crippen LogP contribution is -1.98. The topological polar surface area (TPSA) is 38.8 Å². The zero-order chi connectivity index (χ0) is 17.5. The molecule has 3 heteroatoms. The fourth-order valence-corrected chi connectivity index (χ4v) is 2.54. The van der Waals surface area contributed by atoms with Crippen molar-refractivity contribution >= 4 is 5.97 Å². The summed E-state index contributed by atoms with van der Waals surface area (Å²) in [6, 6.07) is 0. The van der Waals surface area contributed by atoms with Gasteiger partial charge in [0.25, 0.3) is 0 Å². The van der Waals surface area contributed by atoms with Gasteiger partial charge in [0.05, 0.1) is 19.3 Å². The predicted molar refractivity (Wildman–Crippen MR) is 99.9 cm³/mol. The van der Waals surface area contributed by atoms with Crippen LogP contribution in [-0.4, -0.2) is 25.3 Å². The van der Waals surface area contributed by atoms with Crippen LogP contribution in [0.5, 0.6) is 0 Å². The average molecular weight is 335 g/mol. The van der Waals surface area contributed by atoms with Crippen molar-refractivity contribution in [1.82, 2.24) is 0 Å². The highest BCUT2D eigenvalue weighted by Gasteiger charge is 2.35. The highest BCUT2D eigenvalue weighted by atomic mass is 16.6. The molecule has 1 rings (SSSR count). The number of ether oxygens (including phenoxy) is 2. The largest absolute Gasteiger partial charge is 0.469 e. The summed E-state index contributed by atoms with van der Waals surface area (Å²) in [6.07, 6.45) is 24.6. The molecule has 2 atom stereocenters. The van der Waals surface area contributed by atoms with Gasteiger partial charge in [0.15, 0.2) is 0 Å². The fraction of sp³-hybridized carbons (Fsp3) is 0.667. The van der Waals surface area contributed by atoms with E-state index < -0.39 is 0 Å². The van der Waals surface area contributed by atoms with Crippen LogP contribution in [0.25, 0.3) is 0 Å². The molecule has 1 saturated heterocycles. The summed E-state index contributed by atoms with van der Waals surface area (Å²) in [7, 11) is 1.43. The lowest BCUT2D eigenvalue weighted by atomic mass is 10.1. The first kappa shape index (κ1) is 20.7. The SMILES string of the molecule is CCCCC/C=C\C/C=C\C[C@H]1O[C@H]1C/C=C\CCCC(=O)OC. The average Bonchev–Trinajstić information content (AvgIpc) is 3.34. The molecule has 1 heterocycles. The van der Waals surface area contributed by atoms with Gasteiger partial charge in [-0.1, -0.05) is 56.2 Å². The number of allylic oxidation sites excluding steroid dienone is 4. The Morgan fingerprint density at radius 3 is 2.25 bits per heavy atom. The minimum absolute atomic E-state index is 0.128. The van der Waals surface area contributed by atoms with Crippen LogP contribution in [0.15, 0.2) is 36.5 Å². The Morgan fingerprint density at radius 2 is 1.54 bits per heavy atom. The molecule has 0 aromatic rings. The summed E-state index contributed by atoms with van der Waals surface area (Å²) in [5.41, 5.74) is 0. The third-order valence-corrected chi connectivity index (χ3v) is 4.15. The summed E-state index contributed by atoms with van der Waals surface area (Å²) >= 11 is 0. The standard InChI is InChI=1S/C21H34O3/c1-3-4-5-6-7-8-9-10-13-16-19-20(24-19)17-14-11-12-15-18-21(22)23-2/h7-8,10-11,13-14,19-20H,3-6,9,12,15-18H2,1-2H3/b8-7-,13-10-,14-11-/t19-,20+/m1/s1. The van der Waals surface area contributed by atoms with E-state index in [-0.39, 0.29) is 5.97 Å².